The minimum atomic E-state index is -0.546. The topological polar surface area (TPSA) is 49.4 Å². The van der Waals surface area contributed by atoms with Gasteiger partial charge in [0.25, 0.3) is 5.91 Å². The van der Waals surface area contributed by atoms with E-state index in [2.05, 4.69) is 5.32 Å². The van der Waals surface area contributed by atoms with Crippen molar-refractivity contribution in [3.05, 3.63) is 28.8 Å². The summed E-state index contributed by atoms with van der Waals surface area (Å²) in [7, 11) is 0. The predicted octanol–water partition coefficient (Wildman–Crippen LogP) is 2.24. The molecule has 4 heteroatoms. The van der Waals surface area contributed by atoms with Gasteiger partial charge in [-0.2, -0.15) is 0 Å². The number of hydrogen-bond acceptors (Lipinski definition) is 2. The smallest absolute Gasteiger partial charge is 0.254 e. The van der Waals surface area contributed by atoms with Crippen LogP contribution in [0.3, 0.4) is 0 Å². The van der Waals surface area contributed by atoms with E-state index in [1.54, 1.807) is 4.90 Å². The molecule has 2 amide bonds. The van der Waals surface area contributed by atoms with E-state index in [4.69, 9.17) is 0 Å². The van der Waals surface area contributed by atoms with Gasteiger partial charge in [0.1, 0.15) is 6.04 Å². The van der Waals surface area contributed by atoms with Crippen LogP contribution in [0, 0.1) is 13.8 Å². The first-order valence-corrected chi connectivity index (χ1v) is 6.55. The van der Waals surface area contributed by atoms with Crippen molar-refractivity contribution in [3.63, 3.8) is 0 Å². The van der Waals surface area contributed by atoms with Crippen molar-refractivity contribution in [2.24, 2.45) is 0 Å². The van der Waals surface area contributed by atoms with Gasteiger partial charge in [0, 0.05) is 18.5 Å². The Kier molecular flexibility index (Phi) is 3.35. The molecule has 1 atom stereocenters. The van der Waals surface area contributed by atoms with Crippen molar-refractivity contribution in [1.82, 2.24) is 5.32 Å². The summed E-state index contributed by atoms with van der Waals surface area (Å²) in [5, 5.41) is 2.77. The molecule has 0 bridgehead atoms. The van der Waals surface area contributed by atoms with Gasteiger partial charge in [0.05, 0.1) is 5.69 Å². The second kappa shape index (κ2) is 4.68. The Morgan fingerprint density at radius 3 is 2.37 bits per heavy atom. The van der Waals surface area contributed by atoms with E-state index in [0.29, 0.717) is 0 Å². The molecule has 1 N–H and O–H groups in total. The van der Waals surface area contributed by atoms with E-state index in [0.717, 1.165) is 22.4 Å². The van der Waals surface area contributed by atoms with Gasteiger partial charge in [-0.3, -0.25) is 9.59 Å². The fourth-order valence-electron chi connectivity index (χ4n) is 2.72. The largest absolute Gasteiger partial charge is 0.341 e. The summed E-state index contributed by atoms with van der Waals surface area (Å²) in [4.78, 5) is 25.7. The van der Waals surface area contributed by atoms with Gasteiger partial charge in [-0.05, 0) is 38.8 Å². The number of nitrogens with one attached hydrogen (secondary N) is 1. The van der Waals surface area contributed by atoms with Gasteiger partial charge in [-0.25, -0.2) is 0 Å². The van der Waals surface area contributed by atoms with E-state index in [1.807, 2.05) is 39.8 Å². The highest BCUT2D eigenvalue weighted by Crippen LogP contribution is 2.41. The van der Waals surface area contributed by atoms with Crippen LogP contribution in [0.1, 0.15) is 43.5 Å². The molecule has 102 valence electrons. The van der Waals surface area contributed by atoms with Crippen LogP contribution in [0.5, 0.6) is 0 Å². The zero-order chi connectivity index (χ0) is 14.3. The number of amides is 2. The Balaban J connectivity index is 2.63. The summed E-state index contributed by atoms with van der Waals surface area (Å²) in [6.07, 6.45) is 0. The van der Waals surface area contributed by atoms with E-state index < -0.39 is 6.04 Å². The van der Waals surface area contributed by atoms with E-state index >= 15 is 0 Å². The van der Waals surface area contributed by atoms with E-state index in [-0.39, 0.29) is 17.9 Å². The maximum Gasteiger partial charge on any atom is 0.254 e. The predicted molar refractivity (Wildman–Crippen MR) is 75.1 cm³/mol. The molecule has 4 nitrogen and oxygen atoms in total. The van der Waals surface area contributed by atoms with Gasteiger partial charge >= 0.3 is 0 Å². The summed E-state index contributed by atoms with van der Waals surface area (Å²) < 4.78 is 0. The lowest BCUT2D eigenvalue weighted by molar-refractivity contribution is -0.126. The van der Waals surface area contributed by atoms with Gasteiger partial charge < -0.3 is 10.2 Å². The normalized spacial score (nSPS) is 17.9. The Bertz CT molecular complexity index is 549. The third kappa shape index (κ3) is 2.11. The lowest BCUT2D eigenvalue weighted by atomic mass is 9.99. The standard InChI is InChI=1S/C15H20N2O2/c1-8(2)17-14-10(4)7-6-9(3)12(14)13(15(17)19)16-11(5)18/h6-8,13H,1-5H3,(H,16,18)/t13-/m0/s1. The molecule has 0 saturated carbocycles. The van der Waals surface area contributed by atoms with Crippen LogP contribution in [-0.2, 0) is 9.59 Å². The van der Waals surface area contributed by atoms with Crippen molar-refractivity contribution >= 4 is 17.5 Å². The van der Waals surface area contributed by atoms with E-state index in [1.165, 1.54) is 6.92 Å². The van der Waals surface area contributed by atoms with Gasteiger partial charge in [0.2, 0.25) is 5.91 Å². The Morgan fingerprint density at radius 1 is 1.26 bits per heavy atom. The molecule has 1 aliphatic heterocycles. The Hall–Kier alpha value is -1.84. The number of benzene rings is 1. The molecule has 0 aliphatic carbocycles. The molecule has 0 spiro atoms. The minimum absolute atomic E-state index is 0.0439. The van der Waals surface area contributed by atoms with Crippen LogP contribution in [0.2, 0.25) is 0 Å². The van der Waals surface area contributed by atoms with Gasteiger partial charge in [-0.15, -0.1) is 0 Å². The first-order valence-electron chi connectivity index (χ1n) is 6.55. The average Bonchev–Trinajstić information content (AvgIpc) is 2.58. The van der Waals surface area contributed by atoms with Crippen molar-refractivity contribution in [2.75, 3.05) is 4.90 Å². The van der Waals surface area contributed by atoms with Crippen molar-refractivity contribution in [2.45, 2.75) is 46.7 Å². The zero-order valence-electron chi connectivity index (χ0n) is 12.1. The molecule has 0 radical (unpaired) electrons. The first-order chi connectivity index (χ1) is 8.84. The molecule has 0 fully saturated rings. The van der Waals surface area contributed by atoms with Crippen LogP contribution in [0.15, 0.2) is 12.1 Å². The second-order valence-corrected chi connectivity index (χ2v) is 5.40. The molecular weight excluding hydrogens is 240 g/mol. The first kappa shape index (κ1) is 13.6. The number of anilines is 1. The highest BCUT2D eigenvalue weighted by atomic mass is 16.2. The molecule has 1 aliphatic rings. The number of nitrogens with zero attached hydrogens (tertiary/aromatic N) is 1. The number of rotatable bonds is 2. The van der Waals surface area contributed by atoms with Gasteiger partial charge in [0.15, 0.2) is 0 Å². The summed E-state index contributed by atoms with van der Waals surface area (Å²) >= 11 is 0. The molecule has 0 aromatic heterocycles. The Morgan fingerprint density at radius 2 is 1.84 bits per heavy atom. The second-order valence-electron chi connectivity index (χ2n) is 5.40. The fraction of sp³-hybridized carbons (Fsp3) is 0.467. The Labute approximate surface area is 113 Å². The molecule has 2 rings (SSSR count). The molecule has 19 heavy (non-hydrogen) atoms. The third-order valence-electron chi connectivity index (χ3n) is 3.51. The maximum absolute atomic E-state index is 12.6. The highest BCUT2D eigenvalue weighted by Gasteiger charge is 2.40. The molecule has 1 heterocycles. The number of fused-ring (bicyclic) bond motifs is 1. The summed E-state index contributed by atoms with van der Waals surface area (Å²) in [6.45, 7) is 9.39. The van der Waals surface area contributed by atoms with Crippen molar-refractivity contribution in [3.8, 4) is 0 Å². The summed E-state index contributed by atoms with van der Waals surface area (Å²) in [5.41, 5.74) is 4.00. The van der Waals surface area contributed by atoms with Gasteiger partial charge in [-0.1, -0.05) is 12.1 Å². The lowest BCUT2D eigenvalue weighted by Crippen LogP contribution is -2.40. The van der Waals surface area contributed by atoms with Crippen LogP contribution < -0.4 is 10.2 Å². The average molecular weight is 260 g/mol. The number of hydrogen-bond donors (Lipinski definition) is 1. The van der Waals surface area contributed by atoms with Crippen LogP contribution >= 0.6 is 0 Å². The molecule has 1 aromatic rings. The van der Waals surface area contributed by atoms with Crippen LogP contribution in [-0.4, -0.2) is 17.9 Å². The SMILES string of the molecule is CC(=O)N[C@@H]1C(=O)N(C(C)C)c2c(C)ccc(C)c21. The minimum Gasteiger partial charge on any atom is -0.341 e. The van der Waals surface area contributed by atoms with Crippen molar-refractivity contribution in [1.29, 1.82) is 0 Å². The monoisotopic (exact) mass is 260 g/mol. The van der Waals surface area contributed by atoms with Crippen LogP contribution in [0.25, 0.3) is 0 Å². The molecular formula is C15H20N2O2. The zero-order valence-corrected chi connectivity index (χ0v) is 12.1. The molecule has 0 saturated heterocycles. The number of carbonyl (C=O) groups excluding carboxylic acids is 2. The van der Waals surface area contributed by atoms with E-state index in [9.17, 15) is 9.59 Å². The molecule has 1 aromatic carbocycles. The third-order valence-corrected chi connectivity index (χ3v) is 3.51. The van der Waals surface area contributed by atoms with Crippen LogP contribution in [0.4, 0.5) is 5.69 Å². The molecule has 0 unspecified atom stereocenters. The fourth-order valence-corrected chi connectivity index (χ4v) is 2.72. The maximum atomic E-state index is 12.6. The van der Waals surface area contributed by atoms with Crippen molar-refractivity contribution < 1.29 is 9.59 Å². The quantitative estimate of drug-likeness (QED) is 0.886. The number of aryl methyl sites for hydroxylation is 2. The lowest BCUT2D eigenvalue weighted by Gasteiger charge is -2.23. The number of carbonyl (C=O) groups is 2. The highest BCUT2D eigenvalue weighted by molar-refractivity contribution is 6.07. The summed E-state index contributed by atoms with van der Waals surface area (Å²) in [5.74, 6) is -0.228. The summed E-state index contributed by atoms with van der Waals surface area (Å²) in [6, 6.07) is 3.55.